The highest BCUT2D eigenvalue weighted by Gasteiger charge is 2.13. The van der Waals surface area contributed by atoms with Crippen molar-refractivity contribution in [1.29, 1.82) is 0 Å². The van der Waals surface area contributed by atoms with E-state index in [1.54, 1.807) is 18.2 Å². The number of aromatic nitrogens is 4. The Kier molecular flexibility index (Phi) is 4.95. The molecular weight excluding hydrogens is 329 g/mol. The Balaban J connectivity index is 1.55. The molecule has 1 amide bonds. The number of carbonyl (C=O) groups is 1. The molecule has 0 fully saturated rings. The molecule has 1 aromatic carbocycles. The average Bonchev–Trinajstić information content (AvgIpc) is 3.20. The summed E-state index contributed by atoms with van der Waals surface area (Å²) in [6.07, 6.45) is 2.03. The van der Waals surface area contributed by atoms with Gasteiger partial charge in [0.05, 0.1) is 12.1 Å². The van der Waals surface area contributed by atoms with Crippen LogP contribution in [0.2, 0.25) is 0 Å². The van der Waals surface area contributed by atoms with Gasteiger partial charge in [-0.15, -0.1) is 11.3 Å². The van der Waals surface area contributed by atoms with E-state index < -0.39 is 0 Å². The molecule has 8 heteroatoms. The smallest absolute Gasteiger partial charge is 0.226 e. The molecule has 0 spiro atoms. The molecular formula is C16H16FN5OS. The van der Waals surface area contributed by atoms with E-state index in [1.807, 2.05) is 12.3 Å². The molecule has 0 aliphatic carbocycles. The maximum atomic E-state index is 13.6. The third kappa shape index (κ3) is 4.02. The molecule has 3 aromatic rings. The molecule has 0 aliphatic heterocycles. The average molecular weight is 345 g/mol. The van der Waals surface area contributed by atoms with Crippen LogP contribution < -0.4 is 5.32 Å². The number of amides is 1. The van der Waals surface area contributed by atoms with Crippen LogP contribution in [0.3, 0.4) is 0 Å². The van der Waals surface area contributed by atoms with E-state index in [1.165, 1.54) is 23.7 Å². The van der Waals surface area contributed by atoms with Crippen LogP contribution in [0.25, 0.3) is 10.8 Å². The van der Waals surface area contributed by atoms with E-state index >= 15 is 0 Å². The van der Waals surface area contributed by atoms with Gasteiger partial charge in [-0.25, -0.2) is 14.4 Å². The Labute approximate surface area is 142 Å². The Morgan fingerprint density at radius 2 is 2.25 bits per heavy atom. The molecule has 1 unspecified atom stereocenters. The molecule has 2 aromatic heterocycles. The second-order valence-electron chi connectivity index (χ2n) is 5.42. The molecule has 3 rings (SSSR count). The summed E-state index contributed by atoms with van der Waals surface area (Å²) in [6, 6.07) is 6.41. The number of nitrogens with zero attached hydrogens (tertiary/aromatic N) is 3. The van der Waals surface area contributed by atoms with E-state index in [0.717, 1.165) is 0 Å². The fourth-order valence-electron chi connectivity index (χ4n) is 2.34. The van der Waals surface area contributed by atoms with Crippen LogP contribution in [-0.4, -0.2) is 32.1 Å². The number of nitrogens with one attached hydrogen (secondary N) is 2. The van der Waals surface area contributed by atoms with Crippen LogP contribution in [0.5, 0.6) is 0 Å². The number of thiazole rings is 1. The molecule has 1 atom stereocenters. The molecule has 0 bridgehead atoms. The first-order chi connectivity index (χ1) is 11.6. The van der Waals surface area contributed by atoms with Gasteiger partial charge in [-0.1, -0.05) is 18.2 Å². The number of rotatable bonds is 6. The zero-order valence-corrected chi connectivity index (χ0v) is 13.8. The van der Waals surface area contributed by atoms with Crippen LogP contribution in [0.4, 0.5) is 4.39 Å². The molecule has 2 heterocycles. The van der Waals surface area contributed by atoms with Gasteiger partial charge in [0.1, 0.15) is 12.1 Å². The standard InChI is InChI=1S/C16H16FN5OS/c1-10(6-11-4-2-3-5-13(11)17)20-14(23)7-12-8-24-16(21-12)15-18-9-19-22-15/h2-5,8-10H,6-7H2,1H3,(H,20,23)(H,18,19,22). The number of aromatic amines is 1. The fraction of sp³-hybridized carbons (Fsp3) is 0.250. The molecule has 6 nitrogen and oxygen atoms in total. The van der Waals surface area contributed by atoms with Gasteiger partial charge in [0.2, 0.25) is 5.91 Å². The van der Waals surface area contributed by atoms with Crippen molar-refractivity contribution < 1.29 is 9.18 Å². The molecule has 0 radical (unpaired) electrons. The van der Waals surface area contributed by atoms with Gasteiger partial charge < -0.3 is 5.32 Å². The largest absolute Gasteiger partial charge is 0.353 e. The van der Waals surface area contributed by atoms with Crippen LogP contribution in [0.1, 0.15) is 18.2 Å². The fourth-order valence-corrected chi connectivity index (χ4v) is 3.10. The Hall–Kier alpha value is -2.61. The monoisotopic (exact) mass is 345 g/mol. The van der Waals surface area contributed by atoms with Gasteiger partial charge >= 0.3 is 0 Å². The van der Waals surface area contributed by atoms with Gasteiger partial charge in [0.15, 0.2) is 10.8 Å². The van der Waals surface area contributed by atoms with Gasteiger partial charge in [-0.2, -0.15) is 5.10 Å². The highest BCUT2D eigenvalue weighted by molar-refractivity contribution is 7.13. The van der Waals surface area contributed by atoms with Gasteiger partial charge in [-0.3, -0.25) is 9.89 Å². The quantitative estimate of drug-likeness (QED) is 0.718. The first kappa shape index (κ1) is 16.3. The first-order valence-corrected chi connectivity index (χ1v) is 8.32. The van der Waals surface area contributed by atoms with Crippen molar-refractivity contribution >= 4 is 17.2 Å². The van der Waals surface area contributed by atoms with E-state index in [4.69, 9.17) is 0 Å². The summed E-state index contributed by atoms with van der Waals surface area (Å²) >= 11 is 1.40. The SMILES string of the molecule is CC(Cc1ccccc1F)NC(=O)Cc1csc(-c2ncn[nH]2)n1. The van der Waals surface area contributed by atoms with Crippen LogP contribution >= 0.6 is 11.3 Å². The summed E-state index contributed by atoms with van der Waals surface area (Å²) in [7, 11) is 0. The van der Waals surface area contributed by atoms with Crippen molar-refractivity contribution in [3.63, 3.8) is 0 Å². The van der Waals surface area contributed by atoms with Crippen molar-refractivity contribution in [3.8, 4) is 10.8 Å². The number of hydrogen-bond donors (Lipinski definition) is 2. The Morgan fingerprint density at radius 1 is 1.42 bits per heavy atom. The Morgan fingerprint density at radius 3 is 3.00 bits per heavy atom. The number of H-pyrrole nitrogens is 1. The lowest BCUT2D eigenvalue weighted by Gasteiger charge is -2.14. The number of benzene rings is 1. The third-order valence-corrected chi connectivity index (χ3v) is 4.30. The Bertz CT molecular complexity index is 818. The summed E-state index contributed by atoms with van der Waals surface area (Å²) < 4.78 is 13.6. The maximum absolute atomic E-state index is 13.6. The van der Waals surface area contributed by atoms with Crippen molar-refractivity contribution in [2.75, 3.05) is 0 Å². The number of carbonyl (C=O) groups excluding carboxylic acids is 1. The van der Waals surface area contributed by atoms with E-state index in [-0.39, 0.29) is 24.2 Å². The van der Waals surface area contributed by atoms with E-state index in [0.29, 0.717) is 28.5 Å². The number of hydrogen-bond acceptors (Lipinski definition) is 5. The van der Waals surface area contributed by atoms with Crippen molar-refractivity contribution in [3.05, 3.63) is 53.0 Å². The highest BCUT2D eigenvalue weighted by Crippen LogP contribution is 2.19. The van der Waals surface area contributed by atoms with Gasteiger partial charge in [0, 0.05) is 11.4 Å². The normalized spacial score (nSPS) is 12.1. The molecule has 0 aliphatic rings. The van der Waals surface area contributed by atoms with Crippen molar-refractivity contribution in [2.45, 2.75) is 25.8 Å². The summed E-state index contributed by atoms with van der Waals surface area (Å²) in [4.78, 5) is 20.5. The molecule has 2 N–H and O–H groups in total. The molecule has 0 saturated carbocycles. The predicted molar refractivity (Wildman–Crippen MR) is 88.9 cm³/mol. The minimum Gasteiger partial charge on any atom is -0.353 e. The highest BCUT2D eigenvalue weighted by atomic mass is 32.1. The van der Waals surface area contributed by atoms with E-state index in [2.05, 4.69) is 25.5 Å². The second-order valence-corrected chi connectivity index (χ2v) is 6.28. The minimum atomic E-state index is -0.255. The lowest BCUT2D eigenvalue weighted by molar-refractivity contribution is -0.121. The van der Waals surface area contributed by atoms with Crippen LogP contribution in [0, 0.1) is 5.82 Å². The topological polar surface area (TPSA) is 83.6 Å². The third-order valence-electron chi connectivity index (χ3n) is 3.40. The first-order valence-electron chi connectivity index (χ1n) is 7.44. The predicted octanol–water partition coefficient (Wildman–Crippen LogP) is 2.36. The van der Waals surface area contributed by atoms with Crippen LogP contribution in [0.15, 0.2) is 36.0 Å². The second kappa shape index (κ2) is 7.31. The van der Waals surface area contributed by atoms with Crippen LogP contribution in [-0.2, 0) is 17.6 Å². The lowest BCUT2D eigenvalue weighted by Crippen LogP contribution is -2.35. The van der Waals surface area contributed by atoms with Crippen molar-refractivity contribution in [2.24, 2.45) is 0 Å². The molecule has 0 saturated heterocycles. The van der Waals surface area contributed by atoms with Gasteiger partial charge in [-0.05, 0) is 25.0 Å². The summed E-state index contributed by atoms with van der Waals surface area (Å²) in [5.74, 6) is 0.183. The summed E-state index contributed by atoms with van der Waals surface area (Å²) in [5.41, 5.74) is 1.26. The van der Waals surface area contributed by atoms with Gasteiger partial charge in [0.25, 0.3) is 0 Å². The summed E-state index contributed by atoms with van der Waals surface area (Å²) in [6.45, 7) is 1.85. The zero-order valence-electron chi connectivity index (χ0n) is 13.0. The summed E-state index contributed by atoms with van der Waals surface area (Å²) in [5, 5.41) is 11.9. The van der Waals surface area contributed by atoms with Crippen molar-refractivity contribution in [1.82, 2.24) is 25.5 Å². The zero-order chi connectivity index (χ0) is 16.9. The molecule has 124 valence electrons. The van der Waals surface area contributed by atoms with E-state index in [9.17, 15) is 9.18 Å². The maximum Gasteiger partial charge on any atom is 0.226 e. The minimum absolute atomic E-state index is 0.145. The lowest BCUT2D eigenvalue weighted by atomic mass is 10.1. The molecule has 24 heavy (non-hydrogen) atoms. The number of halogens is 1.